The molecule has 0 aliphatic rings. The van der Waals surface area contributed by atoms with E-state index in [1.54, 1.807) is 29.7 Å². The number of aryl methyl sites for hydroxylation is 1. The van der Waals surface area contributed by atoms with Gasteiger partial charge in [0.05, 0.1) is 19.4 Å². The SMILES string of the molecule is CCNC(=NCc1ncc(C)s1)NCC(O)c1ccco1.I. The number of rotatable bonds is 6. The van der Waals surface area contributed by atoms with Gasteiger partial charge in [0, 0.05) is 17.6 Å². The third kappa shape index (κ3) is 5.93. The van der Waals surface area contributed by atoms with Gasteiger partial charge in [0.1, 0.15) is 16.9 Å². The molecule has 2 heterocycles. The quantitative estimate of drug-likeness (QED) is 0.368. The minimum absolute atomic E-state index is 0. The summed E-state index contributed by atoms with van der Waals surface area (Å²) >= 11 is 1.63. The van der Waals surface area contributed by atoms with Gasteiger partial charge in [-0.05, 0) is 26.0 Å². The van der Waals surface area contributed by atoms with Gasteiger partial charge in [0.15, 0.2) is 5.96 Å². The molecule has 22 heavy (non-hydrogen) atoms. The molecule has 6 nitrogen and oxygen atoms in total. The fourth-order valence-corrected chi connectivity index (χ4v) is 2.45. The van der Waals surface area contributed by atoms with Gasteiger partial charge in [-0.3, -0.25) is 0 Å². The highest BCUT2D eigenvalue weighted by molar-refractivity contribution is 14.0. The molecule has 2 aromatic rings. The fourth-order valence-electron chi connectivity index (χ4n) is 1.74. The van der Waals surface area contributed by atoms with Gasteiger partial charge in [-0.15, -0.1) is 35.3 Å². The van der Waals surface area contributed by atoms with Crippen molar-refractivity contribution in [3.63, 3.8) is 0 Å². The van der Waals surface area contributed by atoms with Gasteiger partial charge < -0.3 is 20.2 Å². The van der Waals surface area contributed by atoms with Crippen LogP contribution in [0, 0.1) is 6.92 Å². The van der Waals surface area contributed by atoms with Gasteiger partial charge >= 0.3 is 0 Å². The summed E-state index contributed by atoms with van der Waals surface area (Å²) in [5.74, 6) is 1.19. The van der Waals surface area contributed by atoms with Gasteiger partial charge in [-0.1, -0.05) is 0 Å². The Morgan fingerprint density at radius 2 is 2.32 bits per heavy atom. The van der Waals surface area contributed by atoms with E-state index in [-0.39, 0.29) is 24.0 Å². The first-order chi connectivity index (χ1) is 10.2. The highest BCUT2D eigenvalue weighted by atomic mass is 127. The summed E-state index contributed by atoms with van der Waals surface area (Å²) in [4.78, 5) is 9.90. The standard InChI is InChI=1S/C14H20N4O2S.HI/c1-3-15-14(18-9-13-16-7-10(2)21-13)17-8-11(19)12-5-4-6-20-12;/h4-7,11,19H,3,8-9H2,1-2H3,(H2,15,17,18);1H. The van der Waals surface area contributed by atoms with Gasteiger partial charge in [0.2, 0.25) is 0 Å². The smallest absolute Gasteiger partial charge is 0.191 e. The predicted octanol–water partition coefficient (Wildman–Crippen LogP) is 2.45. The third-order valence-electron chi connectivity index (χ3n) is 2.72. The summed E-state index contributed by atoms with van der Waals surface area (Å²) < 4.78 is 5.16. The van der Waals surface area contributed by atoms with Gasteiger partial charge in [0.25, 0.3) is 0 Å². The van der Waals surface area contributed by atoms with E-state index in [1.807, 2.05) is 20.0 Å². The molecule has 0 bridgehead atoms. The summed E-state index contributed by atoms with van der Waals surface area (Å²) in [5, 5.41) is 17.2. The number of thiazole rings is 1. The van der Waals surface area contributed by atoms with Crippen LogP contribution in [-0.2, 0) is 6.54 Å². The van der Waals surface area contributed by atoms with Crippen LogP contribution in [0.25, 0.3) is 0 Å². The summed E-state index contributed by atoms with van der Waals surface area (Å²) in [7, 11) is 0. The number of furan rings is 1. The van der Waals surface area contributed by atoms with Crippen molar-refractivity contribution >= 4 is 41.3 Å². The molecule has 0 amide bonds. The highest BCUT2D eigenvalue weighted by Crippen LogP contribution is 2.12. The summed E-state index contributed by atoms with van der Waals surface area (Å²) in [6.45, 7) is 5.61. The molecule has 0 saturated heterocycles. The zero-order valence-corrected chi connectivity index (χ0v) is 15.7. The molecular formula is C14H21IN4O2S. The van der Waals surface area contributed by atoms with E-state index >= 15 is 0 Å². The van der Waals surface area contributed by atoms with Crippen LogP contribution < -0.4 is 10.6 Å². The molecule has 0 fully saturated rings. The molecule has 122 valence electrons. The van der Waals surface area contributed by atoms with Crippen molar-refractivity contribution in [3.05, 3.63) is 40.2 Å². The molecule has 0 aliphatic heterocycles. The van der Waals surface area contributed by atoms with Gasteiger partial charge in [-0.25, -0.2) is 9.98 Å². The molecule has 0 radical (unpaired) electrons. The molecule has 8 heteroatoms. The van der Waals surface area contributed by atoms with Crippen molar-refractivity contribution in [2.24, 2.45) is 4.99 Å². The van der Waals surface area contributed by atoms with Crippen molar-refractivity contribution in [3.8, 4) is 0 Å². The van der Waals surface area contributed by atoms with Crippen LogP contribution in [0.2, 0.25) is 0 Å². The van der Waals surface area contributed by atoms with Crippen LogP contribution in [0.5, 0.6) is 0 Å². The summed E-state index contributed by atoms with van der Waals surface area (Å²) in [6.07, 6.45) is 2.69. The molecule has 0 saturated carbocycles. The molecule has 3 N–H and O–H groups in total. The van der Waals surface area contributed by atoms with Crippen LogP contribution in [0.15, 0.2) is 34.0 Å². The van der Waals surface area contributed by atoms with Crippen LogP contribution in [-0.4, -0.2) is 29.1 Å². The minimum Gasteiger partial charge on any atom is -0.467 e. The van der Waals surface area contributed by atoms with Crippen molar-refractivity contribution in [1.29, 1.82) is 0 Å². The molecule has 2 rings (SSSR count). The summed E-state index contributed by atoms with van der Waals surface area (Å²) in [6, 6.07) is 3.50. The Bertz CT molecular complexity index is 571. The van der Waals surface area contributed by atoms with Crippen LogP contribution in [0.1, 0.15) is 28.7 Å². The van der Waals surface area contributed by atoms with Crippen molar-refractivity contribution in [2.45, 2.75) is 26.5 Å². The van der Waals surface area contributed by atoms with E-state index in [0.29, 0.717) is 24.8 Å². The maximum atomic E-state index is 9.97. The first kappa shape index (κ1) is 18.9. The molecule has 1 unspecified atom stereocenters. The molecule has 2 aromatic heterocycles. The topological polar surface area (TPSA) is 82.7 Å². The number of aromatic nitrogens is 1. The number of aliphatic imine (C=N–C) groups is 1. The van der Waals surface area contributed by atoms with Crippen molar-refractivity contribution in [1.82, 2.24) is 15.6 Å². The van der Waals surface area contributed by atoms with E-state index < -0.39 is 6.10 Å². The third-order valence-corrected chi connectivity index (χ3v) is 3.62. The number of nitrogens with one attached hydrogen (secondary N) is 2. The number of guanidine groups is 1. The Labute approximate surface area is 151 Å². The molecule has 0 spiro atoms. The lowest BCUT2D eigenvalue weighted by Gasteiger charge is -2.13. The Morgan fingerprint density at radius 1 is 1.50 bits per heavy atom. The number of halogens is 1. The Hall–Kier alpha value is -1.13. The average Bonchev–Trinajstić information content (AvgIpc) is 3.13. The lowest BCUT2D eigenvalue weighted by atomic mass is 10.3. The van der Waals surface area contributed by atoms with Crippen LogP contribution >= 0.6 is 35.3 Å². The van der Waals surface area contributed by atoms with E-state index in [9.17, 15) is 5.11 Å². The first-order valence-electron chi connectivity index (χ1n) is 6.84. The van der Waals surface area contributed by atoms with Crippen LogP contribution in [0.4, 0.5) is 0 Å². The monoisotopic (exact) mass is 436 g/mol. The normalized spacial score (nSPS) is 12.6. The molecule has 1 atom stereocenters. The molecule has 0 aliphatic carbocycles. The first-order valence-corrected chi connectivity index (χ1v) is 7.65. The van der Waals surface area contributed by atoms with Crippen LogP contribution in [0.3, 0.4) is 0 Å². The Kier molecular flexibility index (Phi) is 8.43. The zero-order chi connectivity index (χ0) is 15.1. The zero-order valence-electron chi connectivity index (χ0n) is 12.6. The second-order valence-electron chi connectivity index (χ2n) is 4.47. The number of hydrogen-bond acceptors (Lipinski definition) is 5. The maximum absolute atomic E-state index is 9.97. The Morgan fingerprint density at radius 3 is 2.91 bits per heavy atom. The van der Waals surface area contributed by atoms with Gasteiger partial charge in [-0.2, -0.15) is 0 Å². The summed E-state index contributed by atoms with van der Waals surface area (Å²) in [5.41, 5.74) is 0. The number of nitrogens with zero attached hydrogens (tertiary/aromatic N) is 2. The number of aliphatic hydroxyl groups is 1. The Balaban J connectivity index is 0.00000242. The second-order valence-corrected chi connectivity index (χ2v) is 5.79. The molecule has 0 aromatic carbocycles. The van der Waals surface area contributed by atoms with E-state index in [0.717, 1.165) is 11.6 Å². The largest absolute Gasteiger partial charge is 0.467 e. The lowest BCUT2D eigenvalue weighted by Crippen LogP contribution is -2.39. The predicted molar refractivity (Wildman–Crippen MR) is 98.8 cm³/mol. The number of aliphatic hydroxyl groups excluding tert-OH is 1. The fraction of sp³-hybridized carbons (Fsp3) is 0.429. The number of hydrogen-bond donors (Lipinski definition) is 3. The van der Waals surface area contributed by atoms with E-state index in [1.165, 1.54) is 4.88 Å². The van der Waals surface area contributed by atoms with Crippen molar-refractivity contribution in [2.75, 3.05) is 13.1 Å². The maximum Gasteiger partial charge on any atom is 0.191 e. The van der Waals surface area contributed by atoms with E-state index in [4.69, 9.17) is 4.42 Å². The molecular weight excluding hydrogens is 415 g/mol. The van der Waals surface area contributed by atoms with Crippen molar-refractivity contribution < 1.29 is 9.52 Å². The average molecular weight is 436 g/mol. The lowest BCUT2D eigenvalue weighted by molar-refractivity contribution is 0.153. The second kappa shape index (κ2) is 9.80. The van der Waals surface area contributed by atoms with E-state index in [2.05, 4.69) is 20.6 Å². The highest BCUT2D eigenvalue weighted by Gasteiger charge is 2.10. The minimum atomic E-state index is -0.703.